The standard InChI is InChI=1S/C24H22N/c1-19-11-13-20(14-12-19)17-24-23-10-6-5-9-22(23)15-16-25(24)18-21-7-3-2-4-8-21/h2-16H,17-18H2,1H3/q+1. The molecule has 0 atom stereocenters. The Kier molecular flexibility index (Phi) is 4.30. The molecule has 0 aliphatic heterocycles. The largest absolute Gasteiger partial charge is 0.197 e. The van der Waals surface area contributed by atoms with Crippen LogP contribution < -0.4 is 4.57 Å². The first kappa shape index (κ1) is 15.6. The Labute approximate surface area is 149 Å². The highest BCUT2D eigenvalue weighted by Gasteiger charge is 2.16. The molecule has 3 aromatic carbocycles. The first-order valence-corrected chi connectivity index (χ1v) is 8.79. The predicted molar refractivity (Wildman–Crippen MR) is 104 cm³/mol. The van der Waals surface area contributed by atoms with E-state index in [1.807, 2.05) is 0 Å². The minimum atomic E-state index is 0.896. The third-order valence-electron chi connectivity index (χ3n) is 4.74. The Bertz CT molecular complexity index is 985. The maximum absolute atomic E-state index is 2.39. The number of nitrogens with zero attached hydrogens (tertiary/aromatic N) is 1. The lowest BCUT2D eigenvalue weighted by Crippen LogP contribution is -2.39. The van der Waals surface area contributed by atoms with E-state index in [4.69, 9.17) is 0 Å². The molecule has 0 saturated carbocycles. The van der Waals surface area contributed by atoms with Gasteiger partial charge in [0.05, 0.1) is 6.42 Å². The van der Waals surface area contributed by atoms with Crippen LogP contribution in [0.4, 0.5) is 0 Å². The minimum Gasteiger partial charge on any atom is -0.197 e. The highest BCUT2D eigenvalue weighted by Crippen LogP contribution is 2.19. The molecule has 1 heteroatoms. The normalized spacial score (nSPS) is 10.9. The summed E-state index contributed by atoms with van der Waals surface area (Å²) >= 11 is 0. The van der Waals surface area contributed by atoms with Crippen LogP contribution in [0, 0.1) is 6.92 Å². The second-order valence-corrected chi connectivity index (χ2v) is 6.63. The van der Waals surface area contributed by atoms with Crippen molar-refractivity contribution in [2.24, 2.45) is 0 Å². The summed E-state index contributed by atoms with van der Waals surface area (Å²) in [6.45, 7) is 3.03. The lowest BCUT2D eigenvalue weighted by atomic mass is 10.0. The third kappa shape index (κ3) is 3.46. The van der Waals surface area contributed by atoms with Crippen LogP contribution in [-0.4, -0.2) is 0 Å². The minimum absolute atomic E-state index is 0.896. The summed E-state index contributed by atoms with van der Waals surface area (Å²) in [7, 11) is 0. The van der Waals surface area contributed by atoms with Gasteiger partial charge in [-0.2, -0.15) is 4.57 Å². The van der Waals surface area contributed by atoms with Gasteiger partial charge in [-0.05, 0) is 23.9 Å². The van der Waals surface area contributed by atoms with E-state index in [0.29, 0.717) is 0 Å². The molecule has 0 radical (unpaired) electrons. The first-order valence-electron chi connectivity index (χ1n) is 8.79. The van der Waals surface area contributed by atoms with Crippen molar-refractivity contribution in [2.45, 2.75) is 19.9 Å². The van der Waals surface area contributed by atoms with Crippen LogP contribution >= 0.6 is 0 Å². The van der Waals surface area contributed by atoms with Gasteiger partial charge < -0.3 is 0 Å². The number of fused-ring (bicyclic) bond motifs is 1. The van der Waals surface area contributed by atoms with E-state index >= 15 is 0 Å². The molecule has 4 rings (SSSR count). The second kappa shape index (κ2) is 6.90. The van der Waals surface area contributed by atoms with E-state index in [-0.39, 0.29) is 0 Å². The molecule has 0 unspecified atom stereocenters. The molecule has 122 valence electrons. The van der Waals surface area contributed by atoms with Gasteiger partial charge in [0.25, 0.3) is 0 Å². The monoisotopic (exact) mass is 324 g/mol. The van der Waals surface area contributed by atoms with Crippen molar-refractivity contribution in [3.8, 4) is 0 Å². The maximum atomic E-state index is 2.39. The van der Waals surface area contributed by atoms with Gasteiger partial charge >= 0.3 is 0 Å². The molecule has 0 aliphatic rings. The summed E-state index contributed by atoms with van der Waals surface area (Å²) in [4.78, 5) is 0. The summed E-state index contributed by atoms with van der Waals surface area (Å²) in [5.41, 5.74) is 5.35. The molecule has 0 saturated heterocycles. The molecule has 0 bridgehead atoms. The zero-order chi connectivity index (χ0) is 17.1. The fourth-order valence-electron chi connectivity index (χ4n) is 3.34. The molecule has 0 aliphatic carbocycles. The Balaban J connectivity index is 1.80. The van der Waals surface area contributed by atoms with Crippen molar-refractivity contribution in [3.63, 3.8) is 0 Å². The summed E-state index contributed by atoms with van der Waals surface area (Å²) in [6.07, 6.45) is 3.16. The van der Waals surface area contributed by atoms with E-state index in [2.05, 4.69) is 103 Å². The molecule has 4 aromatic rings. The number of hydrogen-bond acceptors (Lipinski definition) is 0. The average molecular weight is 324 g/mol. The van der Waals surface area contributed by atoms with Crippen molar-refractivity contribution in [3.05, 3.63) is 114 Å². The SMILES string of the molecule is Cc1ccc(Cc2c3ccccc3cc[n+]2Cc2ccccc2)cc1. The Hall–Kier alpha value is -2.93. The number of pyridine rings is 1. The zero-order valence-electron chi connectivity index (χ0n) is 14.5. The number of aryl methyl sites for hydroxylation is 1. The Morgan fingerprint density at radius 1 is 0.680 bits per heavy atom. The van der Waals surface area contributed by atoms with Gasteiger partial charge in [0.1, 0.15) is 0 Å². The van der Waals surface area contributed by atoms with Crippen LogP contribution in [0.5, 0.6) is 0 Å². The second-order valence-electron chi connectivity index (χ2n) is 6.63. The van der Waals surface area contributed by atoms with E-state index in [1.165, 1.54) is 33.2 Å². The number of benzene rings is 3. The van der Waals surface area contributed by atoms with Gasteiger partial charge in [-0.1, -0.05) is 78.4 Å². The summed E-state index contributed by atoms with van der Waals surface area (Å²) < 4.78 is 2.39. The lowest BCUT2D eigenvalue weighted by molar-refractivity contribution is -0.693. The zero-order valence-corrected chi connectivity index (χ0v) is 14.5. The van der Waals surface area contributed by atoms with Crippen LogP contribution in [0.3, 0.4) is 0 Å². The van der Waals surface area contributed by atoms with Crippen molar-refractivity contribution < 1.29 is 4.57 Å². The van der Waals surface area contributed by atoms with Crippen molar-refractivity contribution in [1.82, 2.24) is 0 Å². The summed E-state index contributed by atoms with van der Waals surface area (Å²) in [6, 6.07) is 30.4. The van der Waals surface area contributed by atoms with E-state index in [1.54, 1.807) is 0 Å². The Morgan fingerprint density at radius 2 is 1.40 bits per heavy atom. The third-order valence-corrected chi connectivity index (χ3v) is 4.74. The number of aromatic nitrogens is 1. The van der Waals surface area contributed by atoms with E-state index in [0.717, 1.165) is 13.0 Å². The van der Waals surface area contributed by atoms with Crippen LogP contribution in [0.2, 0.25) is 0 Å². The molecular formula is C24H22N+. The molecule has 1 heterocycles. The highest BCUT2D eigenvalue weighted by molar-refractivity contribution is 5.83. The van der Waals surface area contributed by atoms with Crippen LogP contribution in [0.25, 0.3) is 10.8 Å². The summed E-state index contributed by atoms with van der Waals surface area (Å²) in [5.74, 6) is 0. The Morgan fingerprint density at radius 3 is 2.20 bits per heavy atom. The topological polar surface area (TPSA) is 3.88 Å². The van der Waals surface area contributed by atoms with E-state index < -0.39 is 0 Å². The average Bonchev–Trinajstić information content (AvgIpc) is 2.66. The molecule has 0 fully saturated rings. The molecule has 25 heavy (non-hydrogen) atoms. The van der Waals surface area contributed by atoms with Gasteiger partial charge in [-0.25, -0.2) is 0 Å². The van der Waals surface area contributed by atoms with Crippen molar-refractivity contribution in [2.75, 3.05) is 0 Å². The highest BCUT2D eigenvalue weighted by atomic mass is 15.0. The molecular weight excluding hydrogens is 302 g/mol. The molecule has 0 amide bonds. The first-order chi connectivity index (χ1) is 12.3. The fourth-order valence-corrected chi connectivity index (χ4v) is 3.34. The number of rotatable bonds is 4. The molecule has 0 N–H and O–H groups in total. The molecule has 1 nitrogen and oxygen atoms in total. The van der Waals surface area contributed by atoms with Crippen LogP contribution in [-0.2, 0) is 13.0 Å². The van der Waals surface area contributed by atoms with Gasteiger partial charge in [-0.15, -0.1) is 0 Å². The van der Waals surface area contributed by atoms with Gasteiger partial charge in [-0.3, -0.25) is 0 Å². The number of hydrogen-bond donors (Lipinski definition) is 0. The van der Waals surface area contributed by atoms with E-state index in [9.17, 15) is 0 Å². The van der Waals surface area contributed by atoms with Gasteiger partial charge in [0.15, 0.2) is 18.4 Å². The molecule has 0 spiro atoms. The summed E-state index contributed by atoms with van der Waals surface area (Å²) in [5, 5.41) is 2.63. The smallest absolute Gasteiger partial charge is 0.193 e. The fraction of sp³-hybridized carbons (Fsp3) is 0.125. The van der Waals surface area contributed by atoms with Crippen LogP contribution in [0.15, 0.2) is 91.1 Å². The van der Waals surface area contributed by atoms with Gasteiger partial charge in [0, 0.05) is 17.0 Å². The predicted octanol–water partition coefficient (Wildman–Crippen LogP) is 5.07. The van der Waals surface area contributed by atoms with Crippen molar-refractivity contribution >= 4 is 10.8 Å². The molecule has 1 aromatic heterocycles. The van der Waals surface area contributed by atoms with Crippen LogP contribution in [0.1, 0.15) is 22.4 Å². The quantitative estimate of drug-likeness (QED) is 0.461. The maximum Gasteiger partial charge on any atom is 0.193 e. The van der Waals surface area contributed by atoms with Gasteiger partial charge in [0.2, 0.25) is 0 Å². The lowest BCUT2D eigenvalue weighted by Gasteiger charge is -2.09. The van der Waals surface area contributed by atoms with Crippen molar-refractivity contribution in [1.29, 1.82) is 0 Å².